The van der Waals surface area contributed by atoms with Crippen LogP contribution in [0.4, 0.5) is 11.4 Å². The van der Waals surface area contributed by atoms with Crippen LogP contribution in [0.15, 0.2) is 28.0 Å². The van der Waals surface area contributed by atoms with E-state index in [1.54, 1.807) is 0 Å². The molecule has 0 fully saturated rings. The number of aliphatic hydroxyl groups excluding tert-OH is 1. The van der Waals surface area contributed by atoms with E-state index in [1.807, 2.05) is 0 Å². The van der Waals surface area contributed by atoms with Crippen LogP contribution in [-0.4, -0.2) is 63.9 Å². The van der Waals surface area contributed by atoms with Gasteiger partial charge in [-0.2, -0.15) is 0 Å². The first kappa shape index (κ1) is 17.3. The molecule has 26 heavy (non-hydrogen) atoms. The van der Waals surface area contributed by atoms with Crippen molar-refractivity contribution >= 4 is 34.3 Å². The van der Waals surface area contributed by atoms with Gasteiger partial charge in [0, 0.05) is 12.6 Å². The number of rotatable bonds is 6. The van der Waals surface area contributed by atoms with E-state index < -0.39 is 16.8 Å². The lowest BCUT2D eigenvalue weighted by molar-refractivity contribution is -0.383. The van der Waals surface area contributed by atoms with Crippen LogP contribution in [0.3, 0.4) is 0 Å². The normalized spacial score (nSPS) is 14.2. The van der Waals surface area contributed by atoms with Crippen molar-refractivity contribution in [2.24, 2.45) is 0 Å². The van der Waals surface area contributed by atoms with Crippen LogP contribution < -0.4 is 5.32 Å². The molecule has 136 valence electrons. The number of ether oxygens (including phenoxy) is 1. The Bertz CT molecular complexity index is 935. The number of esters is 1. The van der Waals surface area contributed by atoms with E-state index in [2.05, 4.69) is 25.0 Å². The Hall–Kier alpha value is -3.54. The molecule has 1 aliphatic rings. The largest absolute Gasteiger partial charge is 0.466 e. The Balaban J connectivity index is 2.11. The van der Waals surface area contributed by atoms with Crippen molar-refractivity contribution in [3.63, 3.8) is 0 Å². The number of nitro benzene ring substituents is 1. The molecule has 0 unspecified atom stereocenters. The van der Waals surface area contributed by atoms with Crippen LogP contribution in [0.2, 0.25) is 0 Å². The summed E-state index contributed by atoms with van der Waals surface area (Å²) in [5.74, 6) is -1.38. The highest BCUT2D eigenvalue weighted by Gasteiger charge is 2.36. The second kappa shape index (κ2) is 6.76. The van der Waals surface area contributed by atoms with Crippen LogP contribution in [0.25, 0.3) is 11.0 Å². The Kier molecular flexibility index (Phi) is 4.49. The number of nitrogens with one attached hydrogen (secondary N) is 1. The highest BCUT2D eigenvalue weighted by atomic mass is 16.6. The second-order valence-corrected chi connectivity index (χ2v) is 5.27. The molecule has 1 aromatic carbocycles. The molecule has 12 nitrogen and oxygen atoms in total. The summed E-state index contributed by atoms with van der Waals surface area (Å²) in [5.41, 5.74) is -0.458. The summed E-state index contributed by atoms with van der Waals surface area (Å²) >= 11 is 0. The summed E-state index contributed by atoms with van der Waals surface area (Å²) in [6, 6.07) is 2.53. The Labute approximate surface area is 145 Å². The van der Waals surface area contributed by atoms with Gasteiger partial charge in [0.1, 0.15) is 16.9 Å². The number of amides is 1. The van der Waals surface area contributed by atoms with E-state index in [4.69, 9.17) is 5.11 Å². The maximum atomic E-state index is 12.5. The molecule has 1 amide bonds. The van der Waals surface area contributed by atoms with Crippen molar-refractivity contribution in [1.29, 1.82) is 0 Å². The predicted octanol–water partition coefficient (Wildman–Crippen LogP) is -0.196. The second-order valence-electron chi connectivity index (χ2n) is 5.27. The molecule has 0 saturated heterocycles. The molecule has 2 N–H and O–H groups in total. The Morgan fingerprint density at radius 3 is 2.92 bits per heavy atom. The first-order valence-electron chi connectivity index (χ1n) is 7.36. The first-order chi connectivity index (χ1) is 12.5. The van der Waals surface area contributed by atoms with Gasteiger partial charge in [0.25, 0.3) is 11.6 Å². The van der Waals surface area contributed by atoms with Gasteiger partial charge in [-0.1, -0.05) is 0 Å². The molecule has 0 aliphatic carbocycles. The van der Waals surface area contributed by atoms with E-state index in [-0.39, 0.29) is 53.4 Å². The number of nitro groups is 1. The van der Waals surface area contributed by atoms with Gasteiger partial charge in [-0.05, 0) is 16.4 Å². The van der Waals surface area contributed by atoms with Crippen molar-refractivity contribution in [3.8, 4) is 0 Å². The summed E-state index contributed by atoms with van der Waals surface area (Å²) in [6.07, 6.45) is 0. The van der Waals surface area contributed by atoms with Crippen LogP contribution in [0, 0.1) is 10.1 Å². The summed E-state index contributed by atoms with van der Waals surface area (Å²) in [6.45, 7) is -0.423. The molecule has 0 spiro atoms. The molecule has 3 rings (SSSR count). The van der Waals surface area contributed by atoms with Crippen LogP contribution >= 0.6 is 0 Å². The quantitative estimate of drug-likeness (QED) is 0.399. The smallest absolute Gasteiger partial charge is 0.337 e. The summed E-state index contributed by atoms with van der Waals surface area (Å²) in [5, 5.41) is 30.2. The molecule has 2 heterocycles. The number of aliphatic hydroxyl groups is 1. The molecule has 1 aromatic heterocycles. The molecule has 2 aromatic rings. The SMILES string of the molecule is COC(=O)C1=C(Nc2c([N+](=O)[O-])ccc3nonc23)C(=O)N(CCO)C1. The lowest BCUT2D eigenvalue weighted by Crippen LogP contribution is -2.31. The zero-order chi connectivity index (χ0) is 18.8. The highest BCUT2D eigenvalue weighted by molar-refractivity contribution is 6.10. The van der Waals surface area contributed by atoms with Gasteiger partial charge in [0.15, 0.2) is 5.52 Å². The van der Waals surface area contributed by atoms with Gasteiger partial charge >= 0.3 is 5.97 Å². The number of hydrogen-bond acceptors (Lipinski definition) is 10. The van der Waals surface area contributed by atoms with E-state index in [0.29, 0.717) is 0 Å². The van der Waals surface area contributed by atoms with Crippen molar-refractivity contribution < 1.29 is 29.0 Å². The van der Waals surface area contributed by atoms with Gasteiger partial charge in [-0.15, -0.1) is 0 Å². The number of fused-ring (bicyclic) bond motifs is 1. The molecular weight excluding hydrogens is 350 g/mol. The minimum absolute atomic E-state index is 0.0116. The minimum atomic E-state index is -0.769. The van der Waals surface area contributed by atoms with Crippen molar-refractivity contribution in [1.82, 2.24) is 15.2 Å². The number of benzene rings is 1. The topological polar surface area (TPSA) is 161 Å². The zero-order valence-electron chi connectivity index (χ0n) is 13.5. The van der Waals surface area contributed by atoms with Crippen LogP contribution in [0.1, 0.15) is 0 Å². The average molecular weight is 363 g/mol. The van der Waals surface area contributed by atoms with Crippen LogP contribution in [-0.2, 0) is 14.3 Å². The average Bonchev–Trinajstić information content (AvgIpc) is 3.21. The number of anilines is 1. The molecule has 1 aliphatic heterocycles. The summed E-state index contributed by atoms with van der Waals surface area (Å²) < 4.78 is 9.26. The molecular formula is C14H13N5O7. The number of nitrogens with zero attached hydrogens (tertiary/aromatic N) is 4. The summed E-state index contributed by atoms with van der Waals surface area (Å²) in [4.78, 5) is 36.4. The zero-order valence-corrected chi connectivity index (χ0v) is 13.5. The lowest BCUT2D eigenvalue weighted by atomic mass is 10.2. The maximum Gasteiger partial charge on any atom is 0.337 e. The fourth-order valence-electron chi connectivity index (χ4n) is 2.59. The monoisotopic (exact) mass is 363 g/mol. The molecule has 0 saturated carbocycles. The first-order valence-corrected chi connectivity index (χ1v) is 7.36. The third kappa shape index (κ3) is 2.82. The Morgan fingerprint density at radius 1 is 1.50 bits per heavy atom. The van der Waals surface area contributed by atoms with E-state index in [0.717, 1.165) is 7.11 Å². The Morgan fingerprint density at radius 2 is 2.27 bits per heavy atom. The van der Waals surface area contributed by atoms with Crippen molar-refractivity contribution in [2.75, 3.05) is 32.1 Å². The van der Waals surface area contributed by atoms with Crippen molar-refractivity contribution in [2.45, 2.75) is 0 Å². The fraction of sp³-hybridized carbons (Fsp3) is 0.286. The number of methoxy groups -OCH3 is 1. The lowest BCUT2D eigenvalue weighted by Gasteiger charge is -2.15. The summed E-state index contributed by atoms with van der Waals surface area (Å²) in [7, 11) is 1.15. The minimum Gasteiger partial charge on any atom is -0.466 e. The maximum absolute atomic E-state index is 12.5. The van der Waals surface area contributed by atoms with Gasteiger partial charge in [0.05, 0.1) is 30.8 Å². The van der Waals surface area contributed by atoms with Gasteiger partial charge < -0.3 is 20.1 Å². The number of aromatic nitrogens is 2. The van der Waals surface area contributed by atoms with E-state index in [1.165, 1.54) is 17.0 Å². The highest BCUT2D eigenvalue weighted by Crippen LogP contribution is 2.34. The van der Waals surface area contributed by atoms with E-state index >= 15 is 0 Å². The van der Waals surface area contributed by atoms with Crippen LogP contribution in [0.5, 0.6) is 0 Å². The van der Waals surface area contributed by atoms with Gasteiger partial charge in [0.2, 0.25) is 0 Å². The molecule has 0 bridgehead atoms. The van der Waals surface area contributed by atoms with Gasteiger partial charge in [-0.25, -0.2) is 9.42 Å². The molecule has 12 heteroatoms. The number of β-amino-alcohol motifs (C(OH)–C–C–N with tert-alkyl or cyclic N) is 1. The fourth-order valence-corrected chi connectivity index (χ4v) is 2.59. The van der Waals surface area contributed by atoms with E-state index in [9.17, 15) is 19.7 Å². The number of carbonyl (C=O) groups is 2. The third-order valence-electron chi connectivity index (χ3n) is 3.81. The predicted molar refractivity (Wildman–Crippen MR) is 84.8 cm³/mol. The number of hydrogen-bond donors (Lipinski definition) is 2. The standard InChI is InChI=1S/C14H13N5O7/c1-25-14(22)7-6-18(4-5-20)13(21)10(7)15-12-9(19(23)24)3-2-8-11(12)17-26-16-8/h2-3,15,20H,4-6H2,1H3. The molecule has 0 radical (unpaired) electrons. The molecule has 0 atom stereocenters. The third-order valence-corrected chi connectivity index (χ3v) is 3.81. The number of carbonyl (C=O) groups excluding carboxylic acids is 2. The van der Waals surface area contributed by atoms with Gasteiger partial charge in [-0.3, -0.25) is 14.9 Å². The van der Waals surface area contributed by atoms with Crippen molar-refractivity contribution in [3.05, 3.63) is 33.5 Å².